The molecule has 0 aromatic carbocycles. The predicted molar refractivity (Wildman–Crippen MR) is 64.6 cm³/mol. The lowest BCUT2D eigenvalue weighted by Crippen LogP contribution is -2.42. The molecule has 2 aliphatic rings. The molecule has 2 fully saturated rings. The monoisotopic (exact) mass is 208 g/mol. The average Bonchev–Trinajstić information content (AvgIpc) is 2.68. The van der Waals surface area contributed by atoms with Gasteiger partial charge in [0.05, 0.1) is 0 Å². The molecule has 0 aliphatic heterocycles. The molecule has 2 aliphatic carbocycles. The van der Waals surface area contributed by atoms with Crippen LogP contribution in [0.3, 0.4) is 0 Å². The van der Waals surface area contributed by atoms with Gasteiger partial charge in [-0.1, -0.05) is 12.2 Å². The van der Waals surface area contributed by atoms with Gasteiger partial charge in [-0.05, 0) is 51.0 Å². The van der Waals surface area contributed by atoms with Gasteiger partial charge >= 0.3 is 0 Å². The van der Waals surface area contributed by atoms with Gasteiger partial charge in [0, 0.05) is 19.1 Å². The maximum Gasteiger partial charge on any atom is 0.0184 e. The molecule has 2 nitrogen and oxygen atoms in total. The van der Waals surface area contributed by atoms with E-state index in [9.17, 15) is 0 Å². The summed E-state index contributed by atoms with van der Waals surface area (Å²) in [5, 5.41) is 0. The van der Waals surface area contributed by atoms with Gasteiger partial charge in [0.2, 0.25) is 0 Å². The Bertz CT molecular complexity index is 247. The van der Waals surface area contributed by atoms with Crippen LogP contribution in [0.5, 0.6) is 0 Å². The summed E-state index contributed by atoms with van der Waals surface area (Å²) >= 11 is 0. The Balaban J connectivity index is 1.87. The number of hydrogen-bond donors (Lipinski definition) is 1. The van der Waals surface area contributed by atoms with Crippen molar-refractivity contribution in [2.75, 3.05) is 20.1 Å². The molecule has 0 heterocycles. The van der Waals surface area contributed by atoms with E-state index in [0.717, 1.165) is 30.8 Å². The number of likely N-dealkylation sites (N-methyl/N-ethyl adjacent to an activating group) is 1. The standard InChI is InChI=1S/C13H24N2/c1-9(2)7-15(3)8-12-10-4-5-11(6-10)13(12)14/h10-13H,1,4-8,14H2,2-3H3. The third kappa shape index (κ3) is 2.26. The summed E-state index contributed by atoms with van der Waals surface area (Å²) in [6.07, 6.45) is 4.20. The molecule has 4 atom stereocenters. The lowest BCUT2D eigenvalue weighted by atomic mass is 9.84. The lowest BCUT2D eigenvalue weighted by molar-refractivity contribution is 0.208. The fraction of sp³-hybridized carbons (Fsp3) is 0.846. The summed E-state index contributed by atoms with van der Waals surface area (Å²) in [7, 11) is 2.19. The number of fused-ring (bicyclic) bond motifs is 2. The number of rotatable bonds is 4. The Labute approximate surface area is 93.5 Å². The Hall–Kier alpha value is -0.340. The van der Waals surface area contributed by atoms with Crippen molar-refractivity contribution in [1.82, 2.24) is 4.90 Å². The summed E-state index contributed by atoms with van der Waals surface area (Å²) in [4.78, 5) is 2.38. The molecule has 4 unspecified atom stereocenters. The van der Waals surface area contributed by atoms with Crippen LogP contribution in [0, 0.1) is 17.8 Å². The quantitative estimate of drug-likeness (QED) is 0.715. The second kappa shape index (κ2) is 4.26. The molecule has 86 valence electrons. The van der Waals surface area contributed by atoms with Crippen molar-refractivity contribution in [3.63, 3.8) is 0 Å². The summed E-state index contributed by atoms with van der Waals surface area (Å²) < 4.78 is 0. The van der Waals surface area contributed by atoms with Gasteiger partial charge in [-0.2, -0.15) is 0 Å². The van der Waals surface area contributed by atoms with Crippen molar-refractivity contribution in [1.29, 1.82) is 0 Å². The Morgan fingerprint density at radius 3 is 2.60 bits per heavy atom. The molecule has 0 aromatic rings. The van der Waals surface area contributed by atoms with E-state index < -0.39 is 0 Å². The maximum absolute atomic E-state index is 6.29. The number of nitrogens with two attached hydrogens (primary N) is 1. The third-order valence-electron chi connectivity index (χ3n) is 4.22. The van der Waals surface area contributed by atoms with E-state index in [1.54, 1.807) is 0 Å². The Morgan fingerprint density at radius 2 is 2.07 bits per heavy atom. The molecule has 0 amide bonds. The Morgan fingerprint density at radius 1 is 1.40 bits per heavy atom. The molecular weight excluding hydrogens is 184 g/mol. The van der Waals surface area contributed by atoms with Crippen molar-refractivity contribution < 1.29 is 0 Å². The highest BCUT2D eigenvalue weighted by Gasteiger charge is 2.45. The highest BCUT2D eigenvalue weighted by molar-refractivity contribution is 5.00. The molecule has 0 spiro atoms. The first kappa shape index (κ1) is 11.2. The van der Waals surface area contributed by atoms with E-state index >= 15 is 0 Å². The zero-order chi connectivity index (χ0) is 11.0. The zero-order valence-corrected chi connectivity index (χ0v) is 10.1. The molecule has 0 aromatic heterocycles. The largest absolute Gasteiger partial charge is 0.327 e. The zero-order valence-electron chi connectivity index (χ0n) is 10.1. The highest BCUT2D eigenvalue weighted by Crippen LogP contribution is 2.47. The molecular formula is C13H24N2. The number of hydrogen-bond acceptors (Lipinski definition) is 2. The van der Waals surface area contributed by atoms with E-state index in [4.69, 9.17) is 5.73 Å². The fourth-order valence-electron chi connectivity index (χ4n) is 3.61. The van der Waals surface area contributed by atoms with Gasteiger partial charge in [-0.3, -0.25) is 0 Å². The van der Waals surface area contributed by atoms with Crippen molar-refractivity contribution >= 4 is 0 Å². The average molecular weight is 208 g/mol. The minimum absolute atomic E-state index is 0.469. The van der Waals surface area contributed by atoms with E-state index in [1.165, 1.54) is 24.8 Å². The van der Waals surface area contributed by atoms with E-state index in [-0.39, 0.29) is 0 Å². The summed E-state index contributed by atoms with van der Waals surface area (Å²) in [6.45, 7) is 8.23. The second-order valence-electron chi connectivity index (χ2n) is 5.73. The normalized spacial score (nSPS) is 38.9. The predicted octanol–water partition coefficient (Wildman–Crippen LogP) is 1.87. The van der Waals surface area contributed by atoms with Gasteiger partial charge in [0.1, 0.15) is 0 Å². The lowest BCUT2D eigenvalue weighted by Gasteiger charge is -2.31. The van der Waals surface area contributed by atoms with Crippen LogP contribution >= 0.6 is 0 Å². The minimum Gasteiger partial charge on any atom is -0.327 e. The smallest absolute Gasteiger partial charge is 0.0184 e. The first-order chi connectivity index (χ1) is 7.08. The Kier molecular flexibility index (Phi) is 3.17. The highest BCUT2D eigenvalue weighted by atomic mass is 15.1. The first-order valence-corrected chi connectivity index (χ1v) is 6.16. The second-order valence-corrected chi connectivity index (χ2v) is 5.73. The van der Waals surface area contributed by atoms with Crippen molar-refractivity contribution in [2.24, 2.45) is 23.5 Å². The van der Waals surface area contributed by atoms with Crippen LogP contribution < -0.4 is 5.73 Å². The third-order valence-corrected chi connectivity index (χ3v) is 4.22. The number of nitrogens with zero attached hydrogens (tertiary/aromatic N) is 1. The summed E-state index contributed by atoms with van der Waals surface area (Å²) in [6, 6.07) is 0.469. The van der Waals surface area contributed by atoms with Gasteiger partial charge in [-0.25, -0.2) is 0 Å². The molecule has 0 saturated heterocycles. The van der Waals surface area contributed by atoms with Gasteiger partial charge in [0.15, 0.2) is 0 Å². The van der Waals surface area contributed by atoms with Gasteiger partial charge < -0.3 is 10.6 Å². The molecule has 2 saturated carbocycles. The van der Waals surface area contributed by atoms with E-state index in [2.05, 4.69) is 25.5 Å². The molecule has 2 heteroatoms. The maximum atomic E-state index is 6.29. The van der Waals surface area contributed by atoms with Crippen LogP contribution in [0.2, 0.25) is 0 Å². The van der Waals surface area contributed by atoms with Crippen LogP contribution in [0.25, 0.3) is 0 Å². The van der Waals surface area contributed by atoms with Crippen LogP contribution in [-0.2, 0) is 0 Å². The van der Waals surface area contributed by atoms with E-state index in [1.807, 2.05) is 0 Å². The van der Waals surface area contributed by atoms with Crippen molar-refractivity contribution in [3.05, 3.63) is 12.2 Å². The summed E-state index contributed by atoms with van der Waals surface area (Å²) in [5.74, 6) is 2.49. The minimum atomic E-state index is 0.469. The van der Waals surface area contributed by atoms with Gasteiger partial charge in [0.25, 0.3) is 0 Å². The van der Waals surface area contributed by atoms with E-state index in [0.29, 0.717) is 6.04 Å². The van der Waals surface area contributed by atoms with Crippen LogP contribution in [-0.4, -0.2) is 31.1 Å². The van der Waals surface area contributed by atoms with Crippen LogP contribution in [0.1, 0.15) is 26.2 Å². The van der Waals surface area contributed by atoms with Crippen molar-refractivity contribution in [3.8, 4) is 0 Å². The fourth-order valence-corrected chi connectivity index (χ4v) is 3.61. The molecule has 2 rings (SSSR count). The summed E-state index contributed by atoms with van der Waals surface area (Å²) in [5.41, 5.74) is 7.54. The molecule has 0 radical (unpaired) electrons. The molecule has 2 bridgehead atoms. The topological polar surface area (TPSA) is 29.3 Å². The van der Waals surface area contributed by atoms with Crippen molar-refractivity contribution in [2.45, 2.75) is 32.2 Å². The van der Waals surface area contributed by atoms with Crippen LogP contribution in [0.4, 0.5) is 0 Å². The molecule has 15 heavy (non-hydrogen) atoms. The van der Waals surface area contributed by atoms with Gasteiger partial charge in [-0.15, -0.1) is 0 Å². The SMILES string of the molecule is C=C(C)CN(C)CC1C2CCC(C2)C1N. The van der Waals surface area contributed by atoms with Crippen LogP contribution in [0.15, 0.2) is 12.2 Å². The first-order valence-electron chi connectivity index (χ1n) is 6.16. The molecule has 2 N–H and O–H groups in total.